The summed E-state index contributed by atoms with van der Waals surface area (Å²) < 4.78 is 0. The zero-order valence-corrected chi connectivity index (χ0v) is 6.40. The Labute approximate surface area is 69.1 Å². The molecule has 0 heterocycles. The number of rotatable bonds is 2. The Balaban J connectivity index is 0. The number of carbonyl (C=O) groups is 1. The SMILES string of the molecule is NNC(=O)NN.OCC(O)CO. The molecule has 0 aliphatic rings. The number of nitrogens with one attached hydrogen (secondary N) is 2. The van der Waals surface area contributed by atoms with Crippen LogP contribution in [0.3, 0.4) is 0 Å². The predicted octanol–water partition coefficient (Wildman–Crippen LogP) is -3.64. The highest BCUT2D eigenvalue weighted by Gasteiger charge is 1.93. The maximum atomic E-state index is 9.71. The van der Waals surface area contributed by atoms with Gasteiger partial charge in [-0.3, -0.25) is 10.9 Å². The standard InChI is InChI=1S/C3H8O3.CH6N4O/c4-1-3(6)2-5;2-4-1(6)5-3/h3-6H,1-2H2;2-3H2,(H2,4,5,6). The van der Waals surface area contributed by atoms with Gasteiger partial charge in [0.2, 0.25) is 0 Å². The maximum Gasteiger partial charge on any atom is 0.343 e. The van der Waals surface area contributed by atoms with Crippen LogP contribution in [0.1, 0.15) is 0 Å². The molecule has 9 N–H and O–H groups in total. The predicted molar refractivity (Wildman–Crippen MR) is 40.2 cm³/mol. The molecule has 0 saturated heterocycles. The Hall–Kier alpha value is -0.930. The zero-order valence-electron chi connectivity index (χ0n) is 6.40. The highest BCUT2D eigenvalue weighted by atomic mass is 16.3. The van der Waals surface area contributed by atoms with Crippen LogP contribution < -0.4 is 22.5 Å². The van der Waals surface area contributed by atoms with Crippen LogP contribution in [0.4, 0.5) is 4.79 Å². The Bertz CT molecular complexity index is 101. The Kier molecular flexibility index (Phi) is 11.5. The van der Waals surface area contributed by atoms with Crippen molar-refractivity contribution in [2.75, 3.05) is 13.2 Å². The van der Waals surface area contributed by atoms with Crippen molar-refractivity contribution in [3.8, 4) is 0 Å². The third kappa shape index (κ3) is 11.8. The molecule has 0 fully saturated rings. The Morgan fingerprint density at radius 1 is 1.25 bits per heavy atom. The number of aliphatic hydroxyl groups excluding tert-OH is 3. The van der Waals surface area contributed by atoms with Crippen LogP contribution in [0.25, 0.3) is 0 Å². The van der Waals surface area contributed by atoms with Gasteiger partial charge in [0.05, 0.1) is 13.2 Å². The van der Waals surface area contributed by atoms with Gasteiger partial charge in [0.1, 0.15) is 6.10 Å². The molecular formula is C4H14N4O4. The number of nitrogens with two attached hydrogens (primary N) is 2. The molecule has 0 aromatic rings. The molecule has 8 heteroatoms. The number of hydrogen-bond donors (Lipinski definition) is 7. The first kappa shape index (κ1) is 13.6. The zero-order chi connectivity index (χ0) is 9.98. The summed E-state index contributed by atoms with van der Waals surface area (Å²) in [7, 11) is 0. The molecule has 0 radical (unpaired) electrons. The average molecular weight is 182 g/mol. The second-order valence-corrected chi connectivity index (χ2v) is 1.64. The van der Waals surface area contributed by atoms with Gasteiger partial charge in [-0.1, -0.05) is 0 Å². The monoisotopic (exact) mass is 182 g/mol. The van der Waals surface area contributed by atoms with E-state index in [0.717, 1.165) is 0 Å². The quantitative estimate of drug-likeness (QED) is 0.133. The number of carbonyl (C=O) groups excluding carboxylic acids is 1. The van der Waals surface area contributed by atoms with E-state index in [1.165, 1.54) is 0 Å². The van der Waals surface area contributed by atoms with Crippen molar-refractivity contribution in [2.24, 2.45) is 11.7 Å². The topological polar surface area (TPSA) is 154 Å². The summed E-state index contributed by atoms with van der Waals surface area (Å²) in [5.41, 5.74) is 3.48. The molecule has 8 nitrogen and oxygen atoms in total. The third-order valence-corrected chi connectivity index (χ3v) is 0.684. The van der Waals surface area contributed by atoms with Gasteiger partial charge in [-0.2, -0.15) is 0 Å². The molecule has 0 aliphatic heterocycles. The van der Waals surface area contributed by atoms with Gasteiger partial charge in [-0.15, -0.1) is 0 Å². The summed E-state index contributed by atoms with van der Waals surface area (Å²) in [6.07, 6.45) is -0.954. The summed E-state index contributed by atoms with van der Waals surface area (Å²) >= 11 is 0. The average Bonchev–Trinajstić information content (AvgIpc) is 2.16. The number of aliphatic hydroxyl groups is 3. The highest BCUT2D eigenvalue weighted by molar-refractivity contribution is 5.72. The molecule has 74 valence electrons. The first-order valence-electron chi connectivity index (χ1n) is 2.99. The first-order valence-corrected chi connectivity index (χ1v) is 2.99. The minimum Gasteiger partial charge on any atom is -0.394 e. The van der Waals surface area contributed by atoms with Crippen molar-refractivity contribution >= 4 is 6.03 Å². The van der Waals surface area contributed by atoms with Crippen LogP contribution in [0.5, 0.6) is 0 Å². The second kappa shape index (κ2) is 10.1. The molecule has 0 aromatic heterocycles. The van der Waals surface area contributed by atoms with Crippen LogP contribution in [-0.2, 0) is 0 Å². The highest BCUT2D eigenvalue weighted by Crippen LogP contribution is 1.71. The van der Waals surface area contributed by atoms with E-state index in [-0.39, 0.29) is 13.2 Å². The van der Waals surface area contributed by atoms with Crippen LogP contribution in [-0.4, -0.2) is 40.7 Å². The smallest absolute Gasteiger partial charge is 0.343 e. The van der Waals surface area contributed by atoms with Crippen molar-refractivity contribution < 1.29 is 20.1 Å². The molecule has 0 saturated carbocycles. The number of urea groups is 1. The van der Waals surface area contributed by atoms with E-state index in [9.17, 15) is 4.79 Å². The van der Waals surface area contributed by atoms with Gasteiger partial charge in [0.15, 0.2) is 0 Å². The lowest BCUT2D eigenvalue weighted by molar-refractivity contribution is 0.0450. The van der Waals surface area contributed by atoms with E-state index in [4.69, 9.17) is 15.3 Å². The minimum atomic E-state index is -0.954. The molecule has 0 rings (SSSR count). The summed E-state index contributed by atoms with van der Waals surface area (Å²) in [5.74, 6) is 9.08. The van der Waals surface area contributed by atoms with Crippen molar-refractivity contribution in [1.82, 2.24) is 10.9 Å². The van der Waals surface area contributed by atoms with Gasteiger partial charge < -0.3 is 15.3 Å². The molecule has 2 amide bonds. The fourth-order valence-electron chi connectivity index (χ4n) is 0.0994. The van der Waals surface area contributed by atoms with Crippen LogP contribution in [0, 0.1) is 0 Å². The molecule has 0 atom stereocenters. The third-order valence-electron chi connectivity index (χ3n) is 0.684. The normalized spacial score (nSPS) is 8.50. The largest absolute Gasteiger partial charge is 0.394 e. The van der Waals surface area contributed by atoms with E-state index in [0.29, 0.717) is 0 Å². The summed E-state index contributed by atoms with van der Waals surface area (Å²) in [6.45, 7) is -0.729. The molecule has 0 spiro atoms. The number of hydrazine groups is 2. The second-order valence-electron chi connectivity index (χ2n) is 1.64. The Morgan fingerprint density at radius 3 is 1.58 bits per heavy atom. The Morgan fingerprint density at radius 2 is 1.58 bits per heavy atom. The van der Waals surface area contributed by atoms with Gasteiger partial charge in [0, 0.05) is 0 Å². The first-order chi connectivity index (χ1) is 5.62. The van der Waals surface area contributed by atoms with Gasteiger partial charge in [0.25, 0.3) is 0 Å². The van der Waals surface area contributed by atoms with Crippen LogP contribution in [0.15, 0.2) is 0 Å². The molecule has 0 bridgehead atoms. The molecule has 0 aliphatic carbocycles. The van der Waals surface area contributed by atoms with E-state index < -0.39 is 12.1 Å². The fourth-order valence-corrected chi connectivity index (χ4v) is 0.0994. The van der Waals surface area contributed by atoms with Gasteiger partial charge >= 0.3 is 6.03 Å². The fraction of sp³-hybridized carbons (Fsp3) is 0.750. The molecule has 0 unspecified atom stereocenters. The van der Waals surface area contributed by atoms with E-state index in [2.05, 4.69) is 11.7 Å². The summed E-state index contributed by atoms with van der Waals surface area (Å²) in [5, 5.41) is 24.0. The van der Waals surface area contributed by atoms with Crippen molar-refractivity contribution in [3.05, 3.63) is 0 Å². The summed E-state index contributed by atoms with van der Waals surface area (Å²) in [4.78, 5) is 9.71. The molecule has 0 aromatic carbocycles. The minimum absolute atomic E-state index is 0.365. The maximum absolute atomic E-state index is 9.71. The van der Waals surface area contributed by atoms with Gasteiger partial charge in [-0.25, -0.2) is 16.5 Å². The molecule has 12 heavy (non-hydrogen) atoms. The lowest BCUT2D eigenvalue weighted by Crippen LogP contribution is -2.43. The van der Waals surface area contributed by atoms with Crippen LogP contribution in [0.2, 0.25) is 0 Å². The number of amides is 2. The van der Waals surface area contributed by atoms with Crippen LogP contribution >= 0.6 is 0 Å². The lowest BCUT2D eigenvalue weighted by Gasteiger charge is -1.96. The van der Waals surface area contributed by atoms with Crippen molar-refractivity contribution in [2.45, 2.75) is 6.10 Å². The van der Waals surface area contributed by atoms with Gasteiger partial charge in [-0.05, 0) is 0 Å². The van der Waals surface area contributed by atoms with Crippen molar-refractivity contribution in [1.29, 1.82) is 0 Å². The lowest BCUT2D eigenvalue weighted by atomic mass is 10.4. The van der Waals surface area contributed by atoms with Crippen molar-refractivity contribution in [3.63, 3.8) is 0 Å². The van der Waals surface area contributed by atoms with E-state index in [1.807, 2.05) is 0 Å². The molecular weight excluding hydrogens is 168 g/mol. The van der Waals surface area contributed by atoms with E-state index in [1.54, 1.807) is 10.9 Å². The van der Waals surface area contributed by atoms with E-state index >= 15 is 0 Å². The summed E-state index contributed by atoms with van der Waals surface area (Å²) in [6, 6.07) is -0.602. The number of hydrogen-bond acceptors (Lipinski definition) is 6.